The Bertz CT molecular complexity index is 242. The quantitative estimate of drug-likeness (QED) is 0.545. The van der Waals surface area contributed by atoms with E-state index in [0.29, 0.717) is 0 Å². The van der Waals surface area contributed by atoms with Crippen molar-refractivity contribution in [3.05, 3.63) is 11.8 Å². The van der Waals surface area contributed by atoms with Gasteiger partial charge >= 0.3 is 0 Å². The van der Waals surface area contributed by atoms with Crippen LogP contribution in [-0.2, 0) is 4.79 Å². The van der Waals surface area contributed by atoms with Gasteiger partial charge in [-0.1, -0.05) is 0 Å². The van der Waals surface area contributed by atoms with Gasteiger partial charge in [-0.15, -0.1) is 0 Å². The molecule has 58 valence electrons. The van der Waals surface area contributed by atoms with E-state index in [1.165, 1.54) is 0 Å². The highest BCUT2D eigenvalue weighted by Crippen LogP contribution is 2.22. The van der Waals surface area contributed by atoms with Gasteiger partial charge in [0.25, 0.3) is 5.91 Å². The van der Waals surface area contributed by atoms with Crippen LogP contribution in [-0.4, -0.2) is 18.7 Å². The van der Waals surface area contributed by atoms with Gasteiger partial charge in [-0.25, -0.2) is 4.99 Å². The summed E-state index contributed by atoms with van der Waals surface area (Å²) in [7, 11) is 0. The lowest BCUT2D eigenvalue weighted by Gasteiger charge is -2.25. The second-order valence-corrected chi connectivity index (χ2v) is 2.86. The summed E-state index contributed by atoms with van der Waals surface area (Å²) in [6.07, 6.45) is 5.50. The number of aliphatic imine (C=N–C) groups is 1. The predicted octanol–water partition coefficient (Wildman–Crippen LogP) is 0.481. The summed E-state index contributed by atoms with van der Waals surface area (Å²) in [5.41, 5.74) is 1.05. The van der Waals surface area contributed by atoms with Crippen molar-refractivity contribution in [2.45, 2.75) is 12.8 Å². The molecule has 11 heavy (non-hydrogen) atoms. The molecule has 1 unspecified atom stereocenters. The summed E-state index contributed by atoms with van der Waals surface area (Å²) in [5, 5.41) is 3.20. The Labute approximate surface area is 65.2 Å². The highest BCUT2D eigenvalue weighted by molar-refractivity contribution is 5.95. The third-order valence-electron chi connectivity index (χ3n) is 2.13. The smallest absolute Gasteiger partial charge is 0.254 e. The van der Waals surface area contributed by atoms with Crippen LogP contribution in [0.5, 0.6) is 0 Å². The number of nitrogens with one attached hydrogen (secondary N) is 1. The SMILES string of the molecule is O=C1N=CC=C2NCCCC12. The van der Waals surface area contributed by atoms with Gasteiger partial charge in [0.1, 0.15) is 0 Å². The lowest BCUT2D eigenvalue weighted by molar-refractivity contribution is -0.121. The lowest BCUT2D eigenvalue weighted by Crippen LogP contribution is -2.33. The zero-order chi connectivity index (χ0) is 7.68. The first-order valence-electron chi connectivity index (χ1n) is 3.90. The predicted molar refractivity (Wildman–Crippen MR) is 42.3 cm³/mol. The van der Waals surface area contributed by atoms with Gasteiger partial charge in [0, 0.05) is 18.5 Å². The summed E-state index contributed by atoms with van der Waals surface area (Å²) in [6.45, 7) is 0.990. The maximum Gasteiger partial charge on any atom is 0.254 e. The second-order valence-electron chi connectivity index (χ2n) is 2.86. The molecule has 1 atom stereocenters. The van der Waals surface area contributed by atoms with Crippen LogP contribution < -0.4 is 5.32 Å². The maximum atomic E-state index is 11.1. The summed E-state index contributed by atoms with van der Waals surface area (Å²) in [4.78, 5) is 14.9. The Hall–Kier alpha value is -1.12. The standard InChI is InChI=1S/C8H10N2O/c11-8-6-2-1-4-9-7(6)3-5-10-8/h3,5-6,9H,1-2,4H2. The van der Waals surface area contributed by atoms with E-state index in [9.17, 15) is 4.79 Å². The minimum atomic E-state index is 0.00898. The second kappa shape index (κ2) is 2.49. The Morgan fingerprint density at radius 2 is 2.55 bits per heavy atom. The Morgan fingerprint density at radius 1 is 1.64 bits per heavy atom. The number of fused-ring (bicyclic) bond motifs is 1. The molecule has 0 bridgehead atoms. The van der Waals surface area contributed by atoms with Gasteiger partial charge in [-0.05, 0) is 18.9 Å². The van der Waals surface area contributed by atoms with Gasteiger partial charge in [-0.2, -0.15) is 0 Å². The van der Waals surface area contributed by atoms with Gasteiger partial charge < -0.3 is 5.32 Å². The molecule has 0 saturated carbocycles. The fourth-order valence-corrected chi connectivity index (χ4v) is 1.53. The molecule has 0 aromatic carbocycles. The van der Waals surface area contributed by atoms with E-state index in [0.717, 1.165) is 25.1 Å². The number of carbonyl (C=O) groups is 1. The minimum Gasteiger partial charge on any atom is -0.388 e. The molecule has 0 aliphatic carbocycles. The molecule has 0 radical (unpaired) electrons. The van der Waals surface area contributed by atoms with Crippen LogP contribution in [0.15, 0.2) is 16.8 Å². The molecular formula is C8H10N2O. The van der Waals surface area contributed by atoms with Crippen LogP contribution in [0.4, 0.5) is 0 Å². The van der Waals surface area contributed by atoms with Crippen LogP contribution in [0.1, 0.15) is 12.8 Å². The van der Waals surface area contributed by atoms with E-state index in [2.05, 4.69) is 10.3 Å². The molecule has 0 aromatic rings. The van der Waals surface area contributed by atoms with E-state index in [1.54, 1.807) is 6.21 Å². The van der Waals surface area contributed by atoms with Crippen LogP contribution in [0, 0.1) is 5.92 Å². The molecular weight excluding hydrogens is 140 g/mol. The van der Waals surface area contributed by atoms with Crippen molar-refractivity contribution in [2.24, 2.45) is 10.9 Å². The summed E-state index contributed by atoms with van der Waals surface area (Å²) in [5.74, 6) is 0.0449. The first-order chi connectivity index (χ1) is 5.38. The largest absolute Gasteiger partial charge is 0.388 e. The highest BCUT2D eigenvalue weighted by Gasteiger charge is 2.26. The number of carbonyl (C=O) groups excluding carboxylic acids is 1. The van der Waals surface area contributed by atoms with Crippen LogP contribution in [0.25, 0.3) is 0 Å². The molecule has 2 rings (SSSR count). The normalized spacial score (nSPS) is 28.9. The third kappa shape index (κ3) is 1.06. The minimum absolute atomic E-state index is 0.00898. The third-order valence-corrected chi connectivity index (χ3v) is 2.13. The van der Waals surface area contributed by atoms with Gasteiger partial charge in [-0.3, -0.25) is 4.79 Å². The molecule has 3 heteroatoms. The molecule has 1 fully saturated rings. The zero-order valence-corrected chi connectivity index (χ0v) is 6.21. The number of hydrogen-bond donors (Lipinski definition) is 1. The average molecular weight is 150 g/mol. The first kappa shape index (κ1) is 6.58. The van der Waals surface area contributed by atoms with Crippen LogP contribution >= 0.6 is 0 Å². The molecule has 0 aromatic heterocycles. The van der Waals surface area contributed by atoms with Gasteiger partial charge in [0.2, 0.25) is 0 Å². The molecule has 2 aliphatic heterocycles. The number of rotatable bonds is 0. The van der Waals surface area contributed by atoms with E-state index >= 15 is 0 Å². The van der Waals surface area contributed by atoms with Crippen molar-refractivity contribution in [1.82, 2.24) is 5.32 Å². The van der Waals surface area contributed by atoms with Crippen molar-refractivity contribution in [3.63, 3.8) is 0 Å². The maximum absolute atomic E-state index is 11.1. The Balaban J connectivity index is 2.25. The fraction of sp³-hybridized carbons (Fsp3) is 0.500. The van der Waals surface area contributed by atoms with E-state index in [1.807, 2.05) is 6.08 Å². The molecule has 0 spiro atoms. The molecule has 3 nitrogen and oxygen atoms in total. The first-order valence-corrected chi connectivity index (χ1v) is 3.90. The average Bonchev–Trinajstić information content (AvgIpc) is 2.06. The summed E-state index contributed by atoms with van der Waals surface area (Å²) < 4.78 is 0. The van der Waals surface area contributed by atoms with Crippen molar-refractivity contribution in [3.8, 4) is 0 Å². The number of amides is 1. The van der Waals surface area contributed by atoms with E-state index in [4.69, 9.17) is 0 Å². The summed E-state index contributed by atoms with van der Waals surface area (Å²) in [6, 6.07) is 0. The number of nitrogens with zero attached hydrogens (tertiary/aromatic N) is 1. The van der Waals surface area contributed by atoms with Crippen molar-refractivity contribution in [2.75, 3.05) is 6.54 Å². The number of allylic oxidation sites excluding steroid dienone is 1. The molecule has 2 heterocycles. The number of hydrogen-bond acceptors (Lipinski definition) is 2. The zero-order valence-electron chi connectivity index (χ0n) is 6.21. The molecule has 1 saturated heterocycles. The number of piperidine rings is 1. The topological polar surface area (TPSA) is 41.5 Å². The Morgan fingerprint density at radius 3 is 3.36 bits per heavy atom. The van der Waals surface area contributed by atoms with E-state index in [-0.39, 0.29) is 11.8 Å². The van der Waals surface area contributed by atoms with Crippen LogP contribution in [0.2, 0.25) is 0 Å². The molecule has 1 amide bonds. The van der Waals surface area contributed by atoms with E-state index < -0.39 is 0 Å². The van der Waals surface area contributed by atoms with Crippen molar-refractivity contribution < 1.29 is 4.79 Å². The lowest BCUT2D eigenvalue weighted by atomic mass is 9.93. The molecule has 1 N–H and O–H groups in total. The van der Waals surface area contributed by atoms with Gasteiger partial charge in [0.15, 0.2) is 0 Å². The fourth-order valence-electron chi connectivity index (χ4n) is 1.53. The highest BCUT2D eigenvalue weighted by atomic mass is 16.1. The monoisotopic (exact) mass is 150 g/mol. The van der Waals surface area contributed by atoms with Gasteiger partial charge in [0.05, 0.1) is 5.92 Å². The number of dihydropyridines is 1. The molecule has 2 aliphatic rings. The van der Waals surface area contributed by atoms with Crippen molar-refractivity contribution >= 4 is 12.1 Å². The summed E-state index contributed by atoms with van der Waals surface area (Å²) >= 11 is 0. The van der Waals surface area contributed by atoms with Crippen molar-refractivity contribution in [1.29, 1.82) is 0 Å². The van der Waals surface area contributed by atoms with Crippen LogP contribution in [0.3, 0.4) is 0 Å². The Kier molecular flexibility index (Phi) is 1.49.